The molecule has 6 heteroatoms. The largest absolute Gasteiger partial charge is 0.481 e. The van der Waals surface area contributed by atoms with Gasteiger partial charge in [0, 0.05) is 7.11 Å². The number of ether oxygens (including phenoxy) is 2. The van der Waals surface area contributed by atoms with E-state index in [4.69, 9.17) is 14.3 Å². The molecule has 102 valence electrons. The SMILES string of the molecule is COC1(O/N=C(/C)c2ccccc2)N=NC(C)(C)O1. The van der Waals surface area contributed by atoms with E-state index in [9.17, 15) is 0 Å². The van der Waals surface area contributed by atoms with Crippen molar-refractivity contribution in [2.24, 2.45) is 15.4 Å². The second-order valence-electron chi connectivity index (χ2n) is 4.61. The first-order valence-corrected chi connectivity index (χ1v) is 5.94. The van der Waals surface area contributed by atoms with Crippen LogP contribution in [-0.2, 0) is 14.3 Å². The van der Waals surface area contributed by atoms with Gasteiger partial charge in [-0.2, -0.15) is 0 Å². The van der Waals surface area contributed by atoms with E-state index in [2.05, 4.69) is 15.4 Å². The Bertz CT molecular complexity index is 499. The van der Waals surface area contributed by atoms with E-state index in [0.29, 0.717) is 5.71 Å². The summed E-state index contributed by atoms with van der Waals surface area (Å²) in [7, 11) is 1.42. The van der Waals surface area contributed by atoms with Gasteiger partial charge < -0.3 is 4.84 Å². The van der Waals surface area contributed by atoms with Crippen molar-refractivity contribution >= 4 is 5.71 Å². The molecule has 1 heterocycles. The molecule has 0 aliphatic carbocycles. The molecule has 0 fully saturated rings. The van der Waals surface area contributed by atoms with Crippen LogP contribution in [-0.4, -0.2) is 24.6 Å². The number of methoxy groups -OCH3 is 1. The highest BCUT2D eigenvalue weighted by Crippen LogP contribution is 2.33. The Morgan fingerprint density at radius 1 is 1.21 bits per heavy atom. The first kappa shape index (κ1) is 13.6. The molecule has 2 rings (SSSR count). The summed E-state index contributed by atoms with van der Waals surface area (Å²) in [6.07, 6.45) is -1.60. The van der Waals surface area contributed by atoms with Crippen LogP contribution in [0.25, 0.3) is 0 Å². The molecule has 1 aromatic rings. The van der Waals surface area contributed by atoms with Gasteiger partial charge in [-0.1, -0.05) is 40.6 Å². The average Bonchev–Trinajstić information content (AvgIpc) is 2.73. The fourth-order valence-electron chi connectivity index (χ4n) is 1.55. The molecule has 1 aliphatic rings. The van der Waals surface area contributed by atoms with Crippen molar-refractivity contribution in [1.82, 2.24) is 0 Å². The second kappa shape index (κ2) is 5.07. The van der Waals surface area contributed by atoms with Gasteiger partial charge >= 0.3 is 6.10 Å². The Labute approximate surface area is 112 Å². The van der Waals surface area contributed by atoms with E-state index in [1.165, 1.54) is 7.11 Å². The number of benzene rings is 1. The third-order valence-corrected chi connectivity index (χ3v) is 2.54. The van der Waals surface area contributed by atoms with Crippen molar-refractivity contribution in [3.05, 3.63) is 35.9 Å². The van der Waals surface area contributed by atoms with Crippen LogP contribution in [0.15, 0.2) is 45.7 Å². The molecular formula is C13H17N3O3. The monoisotopic (exact) mass is 263 g/mol. The number of oxime groups is 1. The molecule has 0 saturated carbocycles. The summed E-state index contributed by atoms with van der Waals surface area (Å²) >= 11 is 0. The molecule has 0 amide bonds. The topological polar surface area (TPSA) is 64.8 Å². The summed E-state index contributed by atoms with van der Waals surface area (Å²) in [6, 6.07) is 9.65. The van der Waals surface area contributed by atoms with Gasteiger partial charge in [-0.25, -0.2) is 0 Å². The summed E-state index contributed by atoms with van der Waals surface area (Å²) in [5.74, 6) is 0. The Kier molecular flexibility index (Phi) is 3.64. The van der Waals surface area contributed by atoms with Crippen LogP contribution >= 0.6 is 0 Å². The molecule has 0 N–H and O–H groups in total. The second-order valence-corrected chi connectivity index (χ2v) is 4.61. The number of rotatable bonds is 4. The molecule has 1 unspecified atom stereocenters. The minimum atomic E-state index is -1.60. The molecule has 19 heavy (non-hydrogen) atoms. The van der Waals surface area contributed by atoms with Crippen LogP contribution in [0.2, 0.25) is 0 Å². The van der Waals surface area contributed by atoms with Gasteiger partial charge in [-0.15, -0.1) is 5.11 Å². The van der Waals surface area contributed by atoms with Gasteiger partial charge in [-0.3, -0.25) is 9.47 Å². The third kappa shape index (κ3) is 3.15. The van der Waals surface area contributed by atoms with Crippen molar-refractivity contribution in [1.29, 1.82) is 0 Å². The van der Waals surface area contributed by atoms with E-state index in [0.717, 1.165) is 5.56 Å². The van der Waals surface area contributed by atoms with E-state index in [1.807, 2.05) is 37.3 Å². The van der Waals surface area contributed by atoms with E-state index in [1.54, 1.807) is 13.8 Å². The van der Waals surface area contributed by atoms with Gasteiger partial charge in [0.15, 0.2) is 5.72 Å². The molecule has 0 saturated heterocycles. The minimum absolute atomic E-state index is 0.695. The number of azo groups is 1. The lowest BCUT2D eigenvalue weighted by molar-refractivity contribution is -0.376. The molecular weight excluding hydrogens is 246 g/mol. The van der Waals surface area contributed by atoms with E-state index in [-0.39, 0.29) is 0 Å². The zero-order chi connectivity index (χ0) is 13.9. The van der Waals surface area contributed by atoms with Gasteiger partial charge in [-0.05, 0) is 26.3 Å². The maximum atomic E-state index is 5.49. The predicted molar refractivity (Wildman–Crippen MR) is 69.5 cm³/mol. The average molecular weight is 263 g/mol. The van der Waals surface area contributed by atoms with Gasteiger partial charge in [0.05, 0.1) is 5.71 Å². The van der Waals surface area contributed by atoms with Gasteiger partial charge in [0.2, 0.25) is 0 Å². The van der Waals surface area contributed by atoms with Crippen molar-refractivity contribution < 1.29 is 14.3 Å². The first-order valence-electron chi connectivity index (χ1n) is 5.94. The van der Waals surface area contributed by atoms with Crippen LogP contribution in [0, 0.1) is 0 Å². The fraction of sp³-hybridized carbons (Fsp3) is 0.462. The smallest absolute Gasteiger partial charge is 0.308 e. The standard InChI is InChI=1S/C13H17N3O3/c1-10(11-8-6-5-7-9-11)14-19-13(17-4)16-15-12(2,3)18-13/h5-9H,1-4H3/b14-10-. The van der Waals surface area contributed by atoms with Crippen molar-refractivity contribution in [3.8, 4) is 0 Å². The van der Waals surface area contributed by atoms with Crippen LogP contribution < -0.4 is 0 Å². The molecule has 1 aliphatic heterocycles. The highest BCUT2D eigenvalue weighted by Gasteiger charge is 2.47. The summed E-state index contributed by atoms with van der Waals surface area (Å²) in [5.41, 5.74) is 0.857. The Morgan fingerprint density at radius 2 is 1.89 bits per heavy atom. The molecule has 0 spiro atoms. The molecule has 6 nitrogen and oxygen atoms in total. The predicted octanol–water partition coefficient (Wildman–Crippen LogP) is 2.90. The van der Waals surface area contributed by atoms with Crippen molar-refractivity contribution in [2.45, 2.75) is 32.6 Å². The normalized spacial score (nSPS) is 25.6. The molecule has 0 aromatic heterocycles. The lowest BCUT2D eigenvalue weighted by Crippen LogP contribution is -2.36. The van der Waals surface area contributed by atoms with Crippen LogP contribution in [0.4, 0.5) is 0 Å². The highest BCUT2D eigenvalue weighted by molar-refractivity contribution is 5.98. The summed E-state index contributed by atoms with van der Waals surface area (Å²) in [4.78, 5) is 5.27. The lowest BCUT2D eigenvalue weighted by atomic mass is 10.1. The summed E-state index contributed by atoms with van der Waals surface area (Å²) < 4.78 is 10.6. The molecule has 0 radical (unpaired) electrons. The molecule has 1 atom stereocenters. The third-order valence-electron chi connectivity index (χ3n) is 2.54. The highest BCUT2D eigenvalue weighted by atomic mass is 16.9. The summed E-state index contributed by atoms with van der Waals surface area (Å²) in [5, 5.41) is 11.8. The zero-order valence-corrected chi connectivity index (χ0v) is 11.5. The van der Waals surface area contributed by atoms with E-state index < -0.39 is 11.8 Å². The summed E-state index contributed by atoms with van der Waals surface area (Å²) in [6.45, 7) is 5.35. The van der Waals surface area contributed by atoms with Gasteiger partial charge in [0.25, 0.3) is 0 Å². The molecule has 1 aromatic carbocycles. The fourth-order valence-corrected chi connectivity index (χ4v) is 1.55. The Balaban J connectivity index is 2.11. The molecule has 0 bridgehead atoms. The number of nitrogens with zero attached hydrogens (tertiary/aromatic N) is 3. The minimum Gasteiger partial charge on any atom is -0.308 e. The van der Waals surface area contributed by atoms with Crippen LogP contribution in [0.5, 0.6) is 0 Å². The van der Waals surface area contributed by atoms with Crippen molar-refractivity contribution in [2.75, 3.05) is 7.11 Å². The Morgan fingerprint density at radius 3 is 2.42 bits per heavy atom. The maximum absolute atomic E-state index is 5.49. The van der Waals surface area contributed by atoms with Crippen molar-refractivity contribution in [3.63, 3.8) is 0 Å². The maximum Gasteiger partial charge on any atom is 0.481 e. The van der Waals surface area contributed by atoms with Crippen LogP contribution in [0.1, 0.15) is 26.3 Å². The lowest BCUT2D eigenvalue weighted by Gasteiger charge is -2.22. The number of hydrogen-bond acceptors (Lipinski definition) is 6. The Hall–Kier alpha value is -1.79. The first-order chi connectivity index (χ1) is 8.96. The number of hydrogen-bond donors (Lipinski definition) is 0. The van der Waals surface area contributed by atoms with Crippen LogP contribution in [0.3, 0.4) is 0 Å². The van der Waals surface area contributed by atoms with Gasteiger partial charge in [0.1, 0.15) is 0 Å². The quantitative estimate of drug-likeness (QED) is 0.476. The van der Waals surface area contributed by atoms with E-state index >= 15 is 0 Å². The zero-order valence-electron chi connectivity index (χ0n) is 11.5.